The number of carbonyl (C=O) groups is 6. The van der Waals surface area contributed by atoms with E-state index in [0.29, 0.717) is 31.8 Å². The standard InChI is InChI=1S/C29H49N5O7/c1-8-18(9-2)21(27(39)41-15-17-10-11-17)32-28(40)33-23(29(5,6)7)26(38)34-13-12-19(16(3)4)22(34)25(37)31-14-20(35)24(30)36/h16-19,21-23H,8-15H2,1-7H3,(H2,30,36)(H,31,37)(H2,32,33,40)/t19-,21+,22+,23-/m1/s1. The molecular weight excluding hydrogens is 530 g/mol. The summed E-state index contributed by atoms with van der Waals surface area (Å²) in [6.07, 6.45) is 3.92. The van der Waals surface area contributed by atoms with Crippen molar-refractivity contribution in [3.8, 4) is 0 Å². The molecule has 0 aromatic carbocycles. The van der Waals surface area contributed by atoms with Gasteiger partial charge in [0.15, 0.2) is 0 Å². The molecular formula is C29H49N5O7. The summed E-state index contributed by atoms with van der Waals surface area (Å²) in [5, 5.41) is 7.98. The van der Waals surface area contributed by atoms with Crippen molar-refractivity contribution in [1.82, 2.24) is 20.9 Å². The van der Waals surface area contributed by atoms with Gasteiger partial charge in [-0.05, 0) is 48.3 Å². The Balaban J connectivity index is 2.23. The van der Waals surface area contributed by atoms with E-state index in [2.05, 4.69) is 16.0 Å². The Bertz CT molecular complexity index is 985. The molecule has 2 rings (SSSR count). The first kappa shape index (κ1) is 34.0. The summed E-state index contributed by atoms with van der Waals surface area (Å²) in [6, 6.07) is -3.46. The van der Waals surface area contributed by atoms with Crippen molar-refractivity contribution in [2.24, 2.45) is 34.8 Å². The maximum Gasteiger partial charge on any atom is 0.328 e. The number of nitrogens with two attached hydrogens (primary N) is 1. The first-order valence-electron chi connectivity index (χ1n) is 14.8. The SMILES string of the molecule is CCC(CC)[C@H](NC(=O)N[C@H](C(=O)N1CC[C@H](C(C)C)[C@H]1C(=O)NCC(=O)C(N)=O)C(C)(C)C)C(=O)OCC1CC1. The number of nitrogens with one attached hydrogen (secondary N) is 3. The molecule has 4 atom stereocenters. The molecule has 2 aliphatic rings. The number of ketones is 1. The molecule has 5 N–H and O–H groups in total. The Morgan fingerprint density at radius 2 is 1.59 bits per heavy atom. The van der Waals surface area contributed by atoms with Gasteiger partial charge in [-0.25, -0.2) is 9.59 Å². The zero-order valence-electron chi connectivity index (χ0n) is 25.6. The number of esters is 1. The van der Waals surface area contributed by atoms with Crippen LogP contribution in [0.5, 0.6) is 0 Å². The normalized spacial score (nSPS) is 20.4. The molecule has 1 saturated carbocycles. The monoisotopic (exact) mass is 579 g/mol. The highest BCUT2D eigenvalue weighted by Gasteiger charge is 2.47. The van der Waals surface area contributed by atoms with Gasteiger partial charge in [-0.3, -0.25) is 19.2 Å². The van der Waals surface area contributed by atoms with Crippen molar-refractivity contribution in [3.05, 3.63) is 0 Å². The molecule has 2 fully saturated rings. The second kappa shape index (κ2) is 14.6. The third kappa shape index (κ3) is 9.43. The molecule has 1 saturated heterocycles. The minimum atomic E-state index is -1.16. The van der Waals surface area contributed by atoms with Crippen molar-refractivity contribution in [1.29, 1.82) is 0 Å². The first-order valence-corrected chi connectivity index (χ1v) is 14.8. The zero-order chi connectivity index (χ0) is 31.1. The maximum atomic E-state index is 14.0. The molecule has 0 bridgehead atoms. The molecule has 0 aromatic heterocycles. The predicted molar refractivity (Wildman–Crippen MR) is 152 cm³/mol. The molecule has 0 radical (unpaired) electrons. The minimum absolute atomic E-state index is 0.0437. The molecule has 1 aliphatic carbocycles. The number of carbonyl (C=O) groups excluding carboxylic acids is 6. The number of Topliss-reactive ketones (excluding diaryl/α,β-unsaturated/α-hetero) is 1. The van der Waals surface area contributed by atoms with Crippen molar-refractivity contribution >= 4 is 35.5 Å². The van der Waals surface area contributed by atoms with Gasteiger partial charge in [0.25, 0.3) is 5.91 Å². The smallest absolute Gasteiger partial charge is 0.328 e. The number of primary amides is 1. The van der Waals surface area contributed by atoms with Gasteiger partial charge in [0.05, 0.1) is 13.2 Å². The van der Waals surface area contributed by atoms with Gasteiger partial charge in [-0.15, -0.1) is 0 Å². The van der Waals surface area contributed by atoms with E-state index in [1.807, 2.05) is 27.7 Å². The summed E-state index contributed by atoms with van der Waals surface area (Å²) in [6.45, 7) is 13.2. The number of hydrogen-bond donors (Lipinski definition) is 4. The second-order valence-electron chi connectivity index (χ2n) is 12.7. The lowest BCUT2D eigenvalue weighted by Crippen LogP contribution is -2.61. The van der Waals surface area contributed by atoms with Crippen molar-refractivity contribution in [2.45, 2.75) is 98.7 Å². The first-order chi connectivity index (χ1) is 19.1. The van der Waals surface area contributed by atoms with Crippen molar-refractivity contribution in [3.63, 3.8) is 0 Å². The number of ether oxygens (including phenoxy) is 1. The third-order valence-electron chi connectivity index (χ3n) is 8.16. The summed E-state index contributed by atoms with van der Waals surface area (Å²) in [5.41, 5.74) is 4.26. The Morgan fingerprint density at radius 3 is 2.07 bits per heavy atom. The summed E-state index contributed by atoms with van der Waals surface area (Å²) >= 11 is 0. The highest BCUT2D eigenvalue weighted by molar-refractivity contribution is 6.36. The number of amides is 5. The van der Waals surface area contributed by atoms with Gasteiger partial charge < -0.3 is 31.3 Å². The molecule has 0 spiro atoms. The van der Waals surface area contributed by atoms with Crippen molar-refractivity contribution < 1.29 is 33.5 Å². The lowest BCUT2D eigenvalue weighted by molar-refractivity contribution is -0.148. The highest BCUT2D eigenvalue weighted by Crippen LogP contribution is 2.33. The summed E-state index contributed by atoms with van der Waals surface area (Å²) in [5.74, 6) is -3.51. The van der Waals surface area contributed by atoms with Gasteiger partial charge >= 0.3 is 12.0 Å². The Morgan fingerprint density at radius 1 is 0.976 bits per heavy atom. The highest BCUT2D eigenvalue weighted by atomic mass is 16.5. The van der Waals surface area contributed by atoms with Crippen LogP contribution in [-0.4, -0.2) is 78.2 Å². The summed E-state index contributed by atoms with van der Waals surface area (Å²) in [7, 11) is 0. The molecule has 0 aromatic rings. The van der Waals surface area contributed by atoms with Crippen LogP contribution in [-0.2, 0) is 28.7 Å². The van der Waals surface area contributed by atoms with Crippen molar-refractivity contribution in [2.75, 3.05) is 19.7 Å². The van der Waals surface area contributed by atoms with Gasteiger partial charge in [0.1, 0.15) is 18.1 Å². The number of likely N-dealkylation sites (tertiary alicyclic amines) is 1. The maximum absolute atomic E-state index is 14.0. The average Bonchev–Trinajstić information content (AvgIpc) is 3.62. The summed E-state index contributed by atoms with van der Waals surface area (Å²) < 4.78 is 5.49. The minimum Gasteiger partial charge on any atom is -0.464 e. The predicted octanol–water partition coefficient (Wildman–Crippen LogP) is 1.50. The molecule has 5 amide bonds. The van der Waals surface area contributed by atoms with Crippen LogP contribution < -0.4 is 21.7 Å². The molecule has 12 nitrogen and oxygen atoms in total. The third-order valence-corrected chi connectivity index (χ3v) is 8.16. The van der Waals surface area contributed by atoms with Gasteiger partial charge in [-0.1, -0.05) is 61.3 Å². The molecule has 41 heavy (non-hydrogen) atoms. The average molecular weight is 580 g/mol. The van der Waals surface area contributed by atoms with E-state index >= 15 is 0 Å². The molecule has 1 aliphatic heterocycles. The van der Waals surface area contributed by atoms with E-state index in [4.69, 9.17) is 10.5 Å². The fourth-order valence-electron chi connectivity index (χ4n) is 5.29. The van der Waals surface area contributed by atoms with Gasteiger partial charge in [0.2, 0.25) is 17.6 Å². The second-order valence-corrected chi connectivity index (χ2v) is 12.7. The van der Waals surface area contributed by atoms with Crippen LogP contribution >= 0.6 is 0 Å². The van der Waals surface area contributed by atoms with E-state index in [1.54, 1.807) is 20.8 Å². The van der Waals surface area contributed by atoms with Crippen LogP contribution in [0.2, 0.25) is 0 Å². The lowest BCUT2D eigenvalue weighted by atomic mass is 9.84. The summed E-state index contributed by atoms with van der Waals surface area (Å²) in [4.78, 5) is 77.7. The molecule has 0 unspecified atom stereocenters. The number of rotatable bonds is 14. The van der Waals surface area contributed by atoms with Crippen LogP contribution in [0.1, 0.15) is 80.6 Å². The molecule has 232 valence electrons. The van der Waals surface area contributed by atoms with E-state index in [0.717, 1.165) is 12.8 Å². The number of urea groups is 1. The van der Waals surface area contributed by atoms with Crippen LogP contribution in [0.3, 0.4) is 0 Å². The van der Waals surface area contributed by atoms with Gasteiger partial charge in [0, 0.05) is 6.54 Å². The van der Waals surface area contributed by atoms with E-state index in [1.165, 1.54) is 4.90 Å². The molecule has 1 heterocycles. The fraction of sp³-hybridized carbons (Fsp3) is 0.793. The topological polar surface area (TPSA) is 177 Å². The van der Waals surface area contributed by atoms with E-state index in [9.17, 15) is 28.8 Å². The largest absolute Gasteiger partial charge is 0.464 e. The van der Waals surface area contributed by atoms with Crippen LogP contribution in [0.25, 0.3) is 0 Å². The lowest BCUT2D eigenvalue weighted by Gasteiger charge is -2.37. The Hall–Kier alpha value is -3.18. The Kier molecular flexibility index (Phi) is 12.1. The number of hydrogen-bond acceptors (Lipinski definition) is 7. The van der Waals surface area contributed by atoms with E-state index in [-0.39, 0.29) is 24.3 Å². The van der Waals surface area contributed by atoms with Crippen LogP contribution in [0, 0.1) is 29.1 Å². The fourth-order valence-corrected chi connectivity index (χ4v) is 5.29. The van der Waals surface area contributed by atoms with Crippen LogP contribution in [0.4, 0.5) is 4.79 Å². The quantitative estimate of drug-likeness (QED) is 0.178. The van der Waals surface area contributed by atoms with Gasteiger partial charge in [-0.2, -0.15) is 0 Å². The Labute approximate surface area is 243 Å². The number of nitrogens with zero attached hydrogens (tertiary/aromatic N) is 1. The van der Waals surface area contributed by atoms with E-state index < -0.39 is 65.6 Å². The molecule has 12 heteroatoms. The zero-order valence-corrected chi connectivity index (χ0v) is 25.6. The van der Waals surface area contributed by atoms with Crippen LogP contribution in [0.15, 0.2) is 0 Å².